The molecule has 0 radical (unpaired) electrons. The third kappa shape index (κ3) is 4.43. The monoisotopic (exact) mass is 313 g/mol. The maximum Gasteiger partial charge on any atom is 0.209 e. The number of benzene rings is 1. The van der Waals surface area contributed by atoms with Gasteiger partial charge < -0.3 is 9.73 Å². The molecule has 4 heteroatoms. The van der Waals surface area contributed by atoms with Gasteiger partial charge in [0.15, 0.2) is 5.76 Å². The number of aryl methyl sites for hydroxylation is 1. The van der Waals surface area contributed by atoms with Crippen LogP contribution < -0.4 is 5.32 Å². The van der Waals surface area contributed by atoms with Crippen molar-refractivity contribution in [3.05, 3.63) is 41.9 Å². The molecule has 1 aliphatic rings. The van der Waals surface area contributed by atoms with Crippen molar-refractivity contribution in [2.24, 2.45) is 5.92 Å². The van der Waals surface area contributed by atoms with E-state index in [9.17, 15) is 0 Å². The van der Waals surface area contributed by atoms with Crippen LogP contribution in [-0.2, 0) is 6.54 Å². The molecule has 0 aliphatic carbocycles. The average molecular weight is 313 g/mol. The van der Waals surface area contributed by atoms with Crippen LogP contribution in [0.2, 0.25) is 0 Å². The molecule has 0 spiro atoms. The van der Waals surface area contributed by atoms with Gasteiger partial charge in [0.25, 0.3) is 0 Å². The second kappa shape index (κ2) is 7.75. The molecule has 0 bridgehead atoms. The van der Waals surface area contributed by atoms with E-state index >= 15 is 0 Å². The van der Waals surface area contributed by atoms with Crippen molar-refractivity contribution in [1.29, 1.82) is 0 Å². The molecular formula is C19H27N3O. The van der Waals surface area contributed by atoms with E-state index in [1.54, 1.807) is 0 Å². The second-order valence-electron chi connectivity index (χ2n) is 6.60. The van der Waals surface area contributed by atoms with Crippen molar-refractivity contribution in [2.45, 2.75) is 32.7 Å². The van der Waals surface area contributed by atoms with Gasteiger partial charge in [0, 0.05) is 5.56 Å². The Morgan fingerprint density at radius 3 is 2.65 bits per heavy atom. The first-order valence-corrected chi connectivity index (χ1v) is 8.63. The van der Waals surface area contributed by atoms with Gasteiger partial charge in [-0.2, -0.15) is 0 Å². The summed E-state index contributed by atoms with van der Waals surface area (Å²) in [4.78, 5) is 6.92. The lowest BCUT2D eigenvalue weighted by molar-refractivity contribution is 0.160. The summed E-state index contributed by atoms with van der Waals surface area (Å²) in [7, 11) is 2.03. The molecule has 124 valence electrons. The number of aromatic nitrogens is 1. The Morgan fingerprint density at radius 2 is 1.96 bits per heavy atom. The summed E-state index contributed by atoms with van der Waals surface area (Å²) < 4.78 is 5.94. The highest BCUT2D eigenvalue weighted by molar-refractivity contribution is 5.56. The number of hydrogen-bond acceptors (Lipinski definition) is 4. The van der Waals surface area contributed by atoms with Crippen LogP contribution in [0.3, 0.4) is 0 Å². The van der Waals surface area contributed by atoms with E-state index in [0.717, 1.165) is 49.3 Å². The Kier molecular flexibility index (Phi) is 5.47. The zero-order valence-corrected chi connectivity index (χ0v) is 14.2. The van der Waals surface area contributed by atoms with Gasteiger partial charge in [-0.3, -0.25) is 4.90 Å². The molecule has 4 nitrogen and oxygen atoms in total. The molecule has 3 rings (SSSR count). The molecule has 1 N–H and O–H groups in total. The van der Waals surface area contributed by atoms with Crippen LogP contribution in [0.25, 0.3) is 11.3 Å². The lowest BCUT2D eigenvalue weighted by atomic mass is 9.93. The smallest absolute Gasteiger partial charge is 0.209 e. The fraction of sp³-hybridized carbons (Fsp3) is 0.526. The number of piperidine rings is 1. The van der Waals surface area contributed by atoms with Gasteiger partial charge in [-0.05, 0) is 58.8 Å². The number of oxazole rings is 1. The third-order valence-corrected chi connectivity index (χ3v) is 4.76. The van der Waals surface area contributed by atoms with E-state index in [2.05, 4.69) is 46.4 Å². The Balaban J connectivity index is 1.53. The SMILES string of the molecule is CNCCC1CCN(Cc2ncc(-c3ccc(C)cc3)o2)CC1. The van der Waals surface area contributed by atoms with Gasteiger partial charge in [0.05, 0.1) is 12.7 Å². The van der Waals surface area contributed by atoms with Gasteiger partial charge in [0.1, 0.15) is 0 Å². The quantitative estimate of drug-likeness (QED) is 0.886. The minimum atomic E-state index is 0.824. The maximum atomic E-state index is 5.94. The number of nitrogens with one attached hydrogen (secondary N) is 1. The Morgan fingerprint density at radius 1 is 1.22 bits per heavy atom. The molecule has 1 aliphatic heterocycles. The summed E-state index contributed by atoms with van der Waals surface area (Å²) in [5, 5.41) is 3.25. The van der Waals surface area contributed by atoms with Gasteiger partial charge >= 0.3 is 0 Å². The largest absolute Gasteiger partial charge is 0.439 e. The van der Waals surface area contributed by atoms with Crippen molar-refractivity contribution in [3.8, 4) is 11.3 Å². The Labute approximate surface area is 138 Å². The van der Waals surface area contributed by atoms with E-state index in [-0.39, 0.29) is 0 Å². The normalized spacial score (nSPS) is 16.8. The molecule has 1 saturated heterocycles. The van der Waals surface area contributed by atoms with Crippen molar-refractivity contribution >= 4 is 0 Å². The topological polar surface area (TPSA) is 41.3 Å². The molecule has 23 heavy (non-hydrogen) atoms. The number of rotatable bonds is 6. The Bertz CT molecular complexity index is 597. The number of likely N-dealkylation sites (tertiary alicyclic amines) is 1. The first kappa shape index (κ1) is 16.2. The van der Waals surface area contributed by atoms with Crippen LogP contribution in [0.1, 0.15) is 30.7 Å². The molecule has 1 aromatic carbocycles. The molecule has 2 aromatic rings. The van der Waals surface area contributed by atoms with E-state index in [0.29, 0.717) is 0 Å². The minimum Gasteiger partial charge on any atom is -0.439 e. The van der Waals surface area contributed by atoms with Crippen molar-refractivity contribution < 1.29 is 4.42 Å². The lowest BCUT2D eigenvalue weighted by Crippen LogP contribution is -2.34. The average Bonchev–Trinajstić information content (AvgIpc) is 3.03. The molecule has 0 amide bonds. The van der Waals surface area contributed by atoms with Crippen molar-refractivity contribution in [2.75, 3.05) is 26.7 Å². The second-order valence-corrected chi connectivity index (χ2v) is 6.60. The lowest BCUT2D eigenvalue weighted by Gasteiger charge is -2.31. The summed E-state index contributed by atoms with van der Waals surface area (Å²) in [6, 6.07) is 8.39. The van der Waals surface area contributed by atoms with Crippen molar-refractivity contribution in [3.63, 3.8) is 0 Å². The molecule has 0 unspecified atom stereocenters. The van der Waals surface area contributed by atoms with Gasteiger partial charge in [-0.1, -0.05) is 29.8 Å². The predicted octanol–water partition coefficient (Wildman–Crippen LogP) is 3.47. The van der Waals surface area contributed by atoms with Crippen LogP contribution >= 0.6 is 0 Å². The van der Waals surface area contributed by atoms with Gasteiger partial charge in [0.2, 0.25) is 5.89 Å². The Hall–Kier alpha value is -1.65. The maximum absolute atomic E-state index is 5.94. The summed E-state index contributed by atoms with van der Waals surface area (Å²) in [5.74, 6) is 2.56. The highest BCUT2D eigenvalue weighted by Crippen LogP contribution is 2.24. The summed E-state index contributed by atoms with van der Waals surface area (Å²) in [6.07, 6.45) is 5.71. The standard InChI is InChI=1S/C19H27N3O/c1-15-3-5-17(6-4-15)18-13-21-19(23-18)14-22-11-8-16(9-12-22)7-10-20-2/h3-6,13,16,20H,7-12,14H2,1-2H3. The van der Waals surface area contributed by atoms with Crippen LogP contribution in [0.4, 0.5) is 0 Å². The fourth-order valence-electron chi connectivity index (χ4n) is 3.21. The minimum absolute atomic E-state index is 0.824. The summed E-state index contributed by atoms with van der Waals surface area (Å²) in [6.45, 7) is 6.35. The number of hydrogen-bond donors (Lipinski definition) is 1. The van der Waals surface area contributed by atoms with Crippen LogP contribution in [0, 0.1) is 12.8 Å². The van der Waals surface area contributed by atoms with Gasteiger partial charge in [-0.15, -0.1) is 0 Å². The fourth-order valence-corrected chi connectivity index (χ4v) is 3.21. The number of nitrogens with zero attached hydrogens (tertiary/aromatic N) is 2. The van der Waals surface area contributed by atoms with Gasteiger partial charge in [-0.25, -0.2) is 4.98 Å². The highest BCUT2D eigenvalue weighted by Gasteiger charge is 2.20. The van der Waals surface area contributed by atoms with Crippen LogP contribution in [-0.4, -0.2) is 36.6 Å². The molecular weight excluding hydrogens is 286 g/mol. The molecule has 2 heterocycles. The molecule has 1 fully saturated rings. The molecule has 0 atom stereocenters. The van der Waals surface area contributed by atoms with E-state index < -0.39 is 0 Å². The zero-order chi connectivity index (χ0) is 16.1. The first-order chi connectivity index (χ1) is 11.2. The molecule has 0 saturated carbocycles. The molecule has 1 aromatic heterocycles. The van der Waals surface area contributed by atoms with E-state index in [4.69, 9.17) is 4.42 Å². The predicted molar refractivity (Wildman–Crippen MR) is 93.2 cm³/mol. The van der Waals surface area contributed by atoms with Crippen LogP contribution in [0.15, 0.2) is 34.9 Å². The van der Waals surface area contributed by atoms with Crippen LogP contribution in [0.5, 0.6) is 0 Å². The summed E-state index contributed by atoms with van der Waals surface area (Å²) >= 11 is 0. The third-order valence-electron chi connectivity index (χ3n) is 4.76. The highest BCUT2D eigenvalue weighted by atomic mass is 16.4. The summed E-state index contributed by atoms with van der Waals surface area (Å²) in [5.41, 5.74) is 2.36. The zero-order valence-electron chi connectivity index (χ0n) is 14.2. The first-order valence-electron chi connectivity index (χ1n) is 8.63. The van der Waals surface area contributed by atoms with E-state index in [1.807, 2.05) is 13.2 Å². The van der Waals surface area contributed by atoms with Crippen molar-refractivity contribution in [1.82, 2.24) is 15.2 Å². The van der Waals surface area contributed by atoms with E-state index in [1.165, 1.54) is 24.8 Å².